The van der Waals surface area contributed by atoms with Gasteiger partial charge in [0.05, 0.1) is 0 Å². The zero-order valence-electron chi connectivity index (χ0n) is 8.95. The maximum absolute atomic E-state index is 12.6. The molecule has 0 amide bonds. The van der Waals surface area contributed by atoms with Gasteiger partial charge in [0.15, 0.2) is 8.32 Å². The molecule has 78 valence electrons. The highest BCUT2D eigenvalue weighted by Crippen LogP contribution is 2.49. The highest BCUT2D eigenvalue weighted by Gasteiger charge is 2.60. The first-order valence-corrected chi connectivity index (χ1v) is 7.53. The third-order valence-corrected chi connectivity index (χ3v) is 7.50. The second kappa shape index (κ2) is 2.76. The zero-order valence-corrected chi connectivity index (χ0v) is 9.95. The highest BCUT2D eigenvalue weighted by atomic mass is 28.4. The van der Waals surface area contributed by atoms with Crippen molar-refractivity contribution in [1.29, 1.82) is 0 Å². The third kappa shape index (κ3) is 2.28. The van der Waals surface area contributed by atoms with Crippen LogP contribution in [0.1, 0.15) is 27.2 Å². The number of hydrogen-bond donors (Lipinski definition) is 0. The van der Waals surface area contributed by atoms with Gasteiger partial charge < -0.3 is 4.43 Å². The summed E-state index contributed by atoms with van der Waals surface area (Å²) in [5, 5.41) is 0.0195. The Morgan fingerprint density at radius 3 is 1.92 bits per heavy atom. The van der Waals surface area contributed by atoms with Crippen molar-refractivity contribution >= 4 is 8.32 Å². The van der Waals surface area contributed by atoms with Gasteiger partial charge >= 0.3 is 0 Å². The van der Waals surface area contributed by atoms with E-state index in [1.165, 1.54) is 0 Å². The average molecular weight is 208 g/mol. The van der Waals surface area contributed by atoms with Crippen LogP contribution < -0.4 is 0 Å². The first-order valence-electron chi connectivity index (χ1n) is 4.62. The molecule has 0 aromatic rings. The molecule has 1 fully saturated rings. The molecule has 1 aliphatic rings. The maximum atomic E-state index is 12.6. The van der Waals surface area contributed by atoms with Crippen LogP contribution in [0.3, 0.4) is 0 Å². The van der Waals surface area contributed by atoms with Gasteiger partial charge in [-0.1, -0.05) is 20.8 Å². The lowest BCUT2D eigenvalue weighted by Crippen LogP contribution is -2.42. The van der Waals surface area contributed by atoms with Crippen molar-refractivity contribution in [1.82, 2.24) is 0 Å². The first kappa shape index (κ1) is 11.1. The lowest BCUT2D eigenvalue weighted by atomic mass is 10.2. The molecular formula is C9H18F2OSi. The summed E-state index contributed by atoms with van der Waals surface area (Å²) >= 11 is 0. The van der Waals surface area contributed by atoms with Crippen molar-refractivity contribution in [2.75, 3.05) is 0 Å². The number of alkyl halides is 2. The fourth-order valence-electron chi connectivity index (χ4n) is 0.849. The van der Waals surface area contributed by atoms with Crippen LogP contribution in [0.25, 0.3) is 0 Å². The summed E-state index contributed by atoms with van der Waals surface area (Å²) in [6, 6.07) is 0. The predicted octanol–water partition coefficient (Wildman–Crippen LogP) is 3.42. The minimum Gasteiger partial charge on any atom is -0.408 e. The molecule has 0 spiro atoms. The van der Waals surface area contributed by atoms with Gasteiger partial charge in [-0.2, -0.15) is 0 Å². The van der Waals surface area contributed by atoms with E-state index in [1.807, 2.05) is 13.1 Å². The van der Waals surface area contributed by atoms with Crippen LogP contribution in [-0.2, 0) is 4.43 Å². The molecule has 0 aromatic heterocycles. The normalized spacial score (nSPS) is 27.5. The standard InChI is InChI=1S/C9H18F2OSi/c1-8(2,3)13(4,5)12-7-6-9(7,10)11/h7H,6H2,1-5H3. The highest BCUT2D eigenvalue weighted by molar-refractivity contribution is 6.74. The molecule has 0 heterocycles. The van der Waals surface area contributed by atoms with Crippen LogP contribution in [0, 0.1) is 0 Å². The van der Waals surface area contributed by atoms with Crippen LogP contribution >= 0.6 is 0 Å². The Morgan fingerprint density at radius 1 is 1.31 bits per heavy atom. The topological polar surface area (TPSA) is 9.23 Å². The van der Waals surface area contributed by atoms with Crippen LogP contribution in [0.4, 0.5) is 8.78 Å². The molecule has 0 radical (unpaired) electrons. The summed E-state index contributed by atoms with van der Waals surface area (Å²) in [5.74, 6) is -2.55. The average Bonchev–Trinajstić information content (AvgIpc) is 2.34. The lowest BCUT2D eigenvalue weighted by Gasteiger charge is -2.36. The van der Waals surface area contributed by atoms with E-state index in [4.69, 9.17) is 4.43 Å². The molecule has 13 heavy (non-hydrogen) atoms. The molecule has 1 nitrogen and oxygen atoms in total. The molecule has 1 unspecified atom stereocenters. The van der Waals surface area contributed by atoms with Gasteiger partial charge in [0.25, 0.3) is 5.92 Å². The number of halogens is 2. The summed E-state index contributed by atoms with van der Waals surface area (Å²) in [7, 11) is -1.97. The Balaban J connectivity index is 2.54. The van der Waals surface area contributed by atoms with Gasteiger partial charge in [-0.25, -0.2) is 8.78 Å². The van der Waals surface area contributed by atoms with Crippen LogP contribution in [0.15, 0.2) is 0 Å². The van der Waals surface area contributed by atoms with E-state index in [2.05, 4.69) is 20.8 Å². The van der Waals surface area contributed by atoms with E-state index in [0.29, 0.717) is 0 Å². The van der Waals surface area contributed by atoms with Crippen molar-refractivity contribution in [2.45, 2.75) is 57.4 Å². The molecule has 0 saturated heterocycles. The van der Waals surface area contributed by atoms with Crippen molar-refractivity contribution in [2.24, 2.45) is 0 Å². The van der Waals surface area contributed by atoms with Gasteiger partial charge in [-0.15, -0.1) is 0 Å². The molecular weight excluding hydrogens is 190 g/mol. The first-order chi connectivity index (χ1) is 5.56. The van der Waals surface area contributed by atoms with E-state index in [1.54, 1.807) is 0 Å². The van der Waals surface area contributed by atoms with Gasteiger partial charge in [0, 0.05) is 6.42 Å². The van der Waals surface area contributed by atoms with Gasteiger partial charge in [0.2, 0.25) is 0 Å². The quantitative estimate of drug-likeness (QED) is 0.632. The Morgan fingerprint density at radius 2 is 1.69 bits per heavy atom. The number of rotatable bonds is 2. The smallest absolute Gasteiger partial charge is 0.275 e. The second-order valence-electron chi connectivity index (χ2n) is 5.33. The van der Waals surface area contributed by atoms with Gasteiger partial charge in [0.1, 0.15) is 6.10 Å². The minimum atomic E-state index is -2.55. The summed E-state index contributed by atoms with van der Waals surface area (Å²) < 4.78 is 30.7. The fourth-order valence-corrected chi connectivity index (χ4v) is 2.17. The fraction of sp³-hybridized carbons (Fsp3) is 1.00. The van der Waals surface area contributed by atoms with Crippen LogP contribution in [0.2, 0.25) is 18.1 Å². The van der Waals surface area contributed by atoms with Crippen LogP contribution in [-0.4, -0.2) is 20.3 Å². The molecule has 1 aliphatic carbocycles. The van der Waals surface area contributed by atoms with Crippen molar-refractivity contribution in [3.8, 4) is 0 Å². The SMILES string of the molecule is CC(C)(C)[Si](C)(C)OC1CC1(F)F. The summed E-state index contributed by atoms with van der Waals surface area (Å²) in [6.45, 7) is 10.2. The third-order valence-electron chi connectivity index (χ3n) is 3.01. The van der Waals surface area contributed by atoms with Gasteiger partial charge in [-0.05, 0) is 18.1 Å². The van der Waals surface area contributed by atoms with Crippen molar-refractivity contribution in [3.05, 3.63) is 0 Å². The molecule has 1 saturated carbocycles. The predicted molar refractivity (Wildman–Crippen MR) is 51.6 cm³/mol. The molecule has 0 aromatic carbocycles. The Kier molecular flexibility index (Phi) is 2.36. The summed E-state index contributed by atoms with van der Waals surface area (Å²) in [6.07, 6.45) is -0.882. The largest absolute Gasteiger partial charge is 0.408 e. The zero-order chi connectivity index (χ0) is 10.5. The van der Waals surface area contributed by atoms with Crippen molar-refractivity contribution < 1.29 is 13.2 Å². The Labute approximate surface area is 79.6 Å². The molecule has 0 N–H and O–H groups in total. The van der Waals surface area contributed by atoms with E-state index in [9.17, 15) is 8.78 Å². The molecule has 4 heteroatoms. The van der Waals surface area contributed by atoms with E-state index < -0.39 is 20.3 Å². The summed E-state index contributed by atoms with van der Waals surface area (Å²) in [5.41, 5.74) is 0. The molecule has 0 aliphatic heterocycles. The van der Waals surface area contributed by atoms with Crippen molar-refractivity contribution in [3.63, 3.8) is 0 Å². The molecule has 0 bridgehead atoms. The van der Waals surface area contributed by atoms with Gasteiger partial charge in [-0.3, -0.25) is 0 Å². The van der Waals surface area contributed by atoms with Crippen LogP contribution in [0.5, 0.6) is 0 Å². The lowest BCUT2D eigenvalue weighted by molar-refractivity contribution is 0.0614. The monoisotopic (exact) mass is 208 g/mol. The number of hydrogen-bond acceptors (Lipinski definition) is 1. The maximum Gasteiger partial charge on any atom is 0.275 e. The van der Waals surface area contributed by atoms with E-state index in [0.717, 1.165) is 0 Å². The Hall–Kier alpha value is 0.0369. The minimum absolute atomic E-state index is 0.0195. The summed E-state index contributed by atoms with van der Waals surface area (Å²) in [4.78, 5) is 0. The van der Waals surface area contributed by atoms with E-state index in [-0.39, 0.29) is 11.5 Å². The van der Waals surface area contributed by atoms with E-state index >= 15 is 0 Å². The molecule has 1 atom stereocenters. The molecule has 1 rings (SSSR count). The second-order valence-corrected chi connectivity index (χ2v) is 10.1. The Bertz CT molecular complexity index is 208.